The zero-order valence-electron chi connectivity index (χ0n) is 9.34. The van der Waals surface area contributed by atoms with Gasteiger partial charge in [-0.05, 0) is 18.2 Å². The third kappa shape index (κ3) is 2.83. The lowest BCUT2D eigenvalue weighted by Gasteiger charge is -2.14. The summed E-state index contributed by atoms with van der Waals surface area (Å²) in [6, 6.07) is 0.747. The van der Waals surface area contributed by atoms with Gasteiger partial charge in [0.15, 0.2) is 0 Å². The first-order valence-corrected chi connectivity index (χ1v) is 5.24. The molecule has 1 aliphatic rings. The molecule has 0 aromatic heterocycles. The molecule has 8 heteroatoms. The van der Waals surface area contributed by atoms with E-state index in [9.17, 15) is 27.2 Å². The number of carbonyl (C=O) groups excluding carboxylic acids is 2. The van der Waals surface area contributed by atoms with E-state index < -0.39 is 41.1 Å². The molecule has 0 bridgehead atoms. The van der Waals surface area contributed by atoms with Gasteiger partial charge in [0.05, 0.1) is 17.7 Å². The summed E-state index contributed by atoms with van der Waals surface area (Å²) in [7, 11) is 0. The highest BCUT2D eigenvalue weighted by molar-refractivity contribution is 6.06. The van der Waals surface area contributed by atoms with Crippen LogP contribution in [-0.4, -0.2) is 17.9 Å². The molecule has 0 radical (unpaired) electrons. The van der Waals surface area contributed by atoms with Crippen LogP contribution in [0.1, 0.15) is 12.0 Å². The molecular formula is C11H8F4N2O2. The third-order valence-corrected chi connectivity index (χ3v) is 2.59. The lowest BCUT2D eigenvalue weighted by atomic mass is 10.1. The molecule has 1 aromatic rings. The number of rotatable bonds is 2. The van der Waals surface area contributed by atoms with Gasteiger partial charge in [-0.15, -0.1) is 0 Å². The summed E-state index contributed by atoms with van der Waals surface area (Å²) in [5.41, 5.74) is -1.51. The van der Waals surface area contributed by atoms with Crippen molar-refractivity contribution in [2.24, 2.45) is 0 Å². The van der Waals surface area contributed by atoms with Crippen molar-refractivity contribution in [3.05, 3.63) is 29.6 Å². The van der Waals surface area contributed by atoms with Crippen molar-refractivity contribution >= 4 is 17.5 Å². The van der Waals surface area contributed by atoms with Gasteiger partial charge in [-0.1, -0.05) is 0 Å². The molecule has 2 rings (SSSR count). The molecule has 1 atom stereocenters. The second-order valence-corrected chi connectivity index (χ2v) is 4.01. The monoisotopic (exact) mass is 276 g/mol. The van der Waals surface area contributed by atoms with Crippen molar-refractivity contribution in [1.82, 2.24) is 5.32 Å². The van der Waals surface area contributed by atoms with Gasteiger partial charge in [-0.3, -0.25) is 14.9 Å². The van der Waals surface area contributed by atoms with E-state index in [1.54, 1.807) is 0 Å². The van der Waals surface area contributed by atoms with Crippen LogP contribution in [-0.2, 0) is 15.8 Å². The Kier molecular flexibility index (Phi) is 3.17. The summed E-state index contributed by atoms with van der Waals surface area (Å²) in [6.45, 7) is 0. The van der Waals surface area contributed by atoms with Gasteiger partial charge in [0.1, 0.15) is 11.9 Å². The fourth-order valence-electron chi connectivity index (χ4n) is 1.67. The number of halogens is 4. The van der Waals surface area contributed by atoms with E-state index in [0.29, 0.717) is 18.2 Å². The number of imide groups is 1. The minimum absolute atomic E-state index is 0.242. The maximum atomic E-state index is 13.4. The molecule has 1 saturated heterocycles. The average Bonchev–Trinajstić information content (AvgIpc) is 2.59. The fourth-order valence-corrected chi connectivity index (χ4v) is 1.67. The molecule has 4 nitrogen and oxygen atoms in total. The number of benzene rings is 1. The summed E-state index contributed by atoms with van der Waals surface area (Å²) < 4.78 is 50.8. The summed E-state index contributed by atoms with van der Waals surface area (Å²) >= 11 is 0. The third-order valence-electron chi connectivity index (χ3n) is 2.59. The zero-order valence-corrected chi connectivity index (χ0v) is 9.34. The van der Waals surface area contributed by atoms with Gasteiger partial charge >= 0.3 is 6.18 Å². The number of nitrogens with one attached hydrogen (secondary N) is 2. The van der Waals surface area contributed by atoms with Crippen molar-refractivity contribution in [3.63, 3.8) is 0 Å². The van der Waals surface area contributed by atoms with Crippen LogP contribution in [0.2, 0.25) is 0 Å². The number of amides is 2. The SMILES string of the molecule is O=C1CC(Nc2cc(C(F)(F)F)ccc2F)C(=O)N1. The van der Waals surface area contributed by atoms with Crippen molar-refractivity contribution < 1.29 is 27.2 Å². The van der Waals surface area contributed by atoms with Gasteiger partial charge in [0, 0.05) is 0 Å². The van der Waals surface area contributed by atoms with Crippen LogP contribution in [0, 0.1) is 5.82 Å². The Morgan fingerprint density at radius 1 is 1.26 bits per heavy atom. The Bertz CT molecular complexity index is 542. The Labute approximate surface area is 104 Å². The average molecular weight is 276 g/mol. The molecule has 2 amide bonds. The zero-order chi connectivity index (χ0) is 14.2. The highest BCUT2D eigenvalue weighted by Crippen LogP contribution is 2.32. The normalized spacial score (nSPS) is 19.5. The molecule has 102 valence electrons. The second-order valence-electron chi connectivity index (χ2n) is 4.01. The fraction of sp³-hybridized carbons (Fsp3) is 0.273. The first-order valence-electron chi connectivity index (χ1n) is 5.24. The Balaban J connectivity index is 2.25. The molecule has 1 aliphatic heterocycles. The Morgan fingerprint density at radius 2 is 1.95 bits per heavy atom. The molecular weight excluding hydrogens is 268 g/mol. The van der Waals surface area contributed by atoms with Gasteiger partial charge in [-0.2, -0.15) is 13.2 Å². The Hall–Kier alpha value is -2.12. The summed E-state index contributed by atoms with van der Waals surface area (Å²) in [5.74, 6) is -2.18. The molecule has 0 spiro atoms. The summed E-state index contributed by atoms with van der Waals surface area (Å²) in [4.78, 5) is 22.2. The van der Waals surface area contributed by atoms with E-state index in [1.807, 2.05) is 5.32 Å². The molecule has 19 heavy (non-hydrogen) atoms. The van der Waals surface area contributed by atoms with E-state index in [4.69, 9.17) is 0 Å². The highest BCUT2D eigenvalue weighted by Gasteiger charge is 2.33. The van der Waals surface area contributed by atoms with Crippen molar-refractivity contribution in [3.8, 4) is 0 Å². The molecule has 1 fully saturated rings. The highest BCUT2D eigenvalue weighted by atomic mass is 19.4. The molecule has 1 heterocycles. The van der Waals surface area contributed by atoms with E-state index in [2.05, 4.69) is 5.32 Å². The summed E-state index contributed by atoms with van der Waals surface area (Å²) in [6.07, 6.45) is -4.85. The second kappa shape index (κ2) is 4.52. The van der Waals surface area contributed by atoms with Crippen molar-refractivity contribution in [2.75, 3.05) is 5.32 Å². The molecule has 2 N–H and O–H groups in total. The van der Waals surface area contributed by atoms with E-state index >= 15 is 0 Å². The topological polar surface area (TPSA) is 58.2 Å². The number of hydrogen-bond acceptors (Lipinski definition) is 3. The predicted octanol–water partition coefficient (Wildman–Crippen LogP) is 1.67. The largest absolute Gasteiger partial charge is 0.416 e. The van der Waals surface area contributed by atoms with E-state index in [0.717, 1.165) is 0 Å². The van der Waals surface area contributed by atoms with Gasteiger partial charge in [0.2, 0.25) is 11.8 Å². The summed E-state index contributed by atoms with van der Waals surface area (Å²) in [5, 5.41) is 4.26. The first-order chi connectivity index (χ1) is 8.77. The van der Waals surface area contributed by atoms with Crippen LogP contribution in [0.5, 0.6) is 0 Å². The van der Waals surface area contributed by atoms with Crippen molar-refractivity contribution in [1.29, 1.82) is 0 Å². The van der Waals surface area contributed by atoms with Crippen LogP contribution < -0.4 is 10.6 Å². The van der Waals surface area contributed by atoms with E-state index in [-0.39, 0.29) is 6.42 Å². The van der Waals surface area contributed by atoms with Gasteiger partial charge < -0.3 is 5.32 Å². The minimum Gasteiger partial charge on any atom is -0.371 e. The molecule has 0 aliphatic carbocycles. The lowest BCUT2D eigenvalue weighted by Crippen LogP contribution is -2.30. The maximum absolute atomic E-state index is 13.4. The number of alkyl halides is 3. The molecule has 1 unspecified atom stereocenters. The van der Waals surface area contributed by atoms with Crippen LogP contribution in [0.25, 0.3) is 0 Å². The van der Waals surface area contributed by atoms with Crippen LogP contribution in [0.15, 0.2) is 18.2 Å². The lowest BCUT2D eigenvalue weighted by molar-refractivity contribution is -0.137. The van der Waals surface area contributed by atoms with E-state index in [1.165, 1.54) is 0 Å². The van der Waals surface area contributed by atoms with Crippen LogP contribution in [0.3, 0.4) is 0 Å². The Morgan fingerprint density at radius 3 is 2.47 bits per heavy atom. The molecule has 0 saturated carbocycles. The first kappa shape index (κ1) is 13.3. The number of hydrogen-bond donors (Lipinski definition) is 2. The predicted molar refractivity (Wildman–Crippen MR) is 56.6 cm³/mol. The molecule has 1 aromatic carbocycles. The van der Waals surface area contributed by atoms with Gasteiger partial charge in [-0.25, -0.2) is 4.39 Å². The number of carbonyl (C=O) groups is 2. The standard InChI is InChI=1S/C11H8F4N2O2/c12-6-2-1-5(11(13,14)15)3-7(6)16-8-4-9(18)17-10(8)19/h1-3,8,16H,4H2,(H,17,18,19). The maximum Gasteiger partial charge on any atom is 0.416 e. The van der Waals surface area contributed by atoms with Gasteiger partial charge in [0.25, 0.3) is 0 Å². The quantitative estimate of drug-likeness (QED) is 0.638. The minimum atomic E-state index is -4.61. The van der Waals surface area contributed by atoms with Crippen LogP contribution in [0.4, 0.5) is 23.2 Å². The van der Waals surface area contributed by atoms with Crippen molar-refractivity contribution in [2.45, 2.75) is 18.6 Å². The number of anilines is 1. The van der Waals surface area contributed by atoms with Crippen LogP contribution >= 0.6 is 0 Å². The smallest absolute Gasteiger partial charge is 0.371 e.